The highest BCUT2D eigenvalue weighted by Gasteiger charge is 2.26. The number of nitrogens with zero attached hydrogens (tertiary/aromatic N) is 3. The molecule has 0 saturated carbocycles. The molecule has 1 aliphatic rings. The van der Waals surface area contributed by atoms with Crippen LogP contribution in [0.15, 0.2) is 12.4 Å². The van der Waals surface area contributed by atoms with Crippen molar-refractivity contribution in [3.8, 4) is 0 Å². The monoisotopic (exact) mass is 262 g/mol. The van der Waals surface area contributed by atoms with Crippen molar-refractivity contribution in [1.82, 2.24) is 9.97 Å². The van der Waals surface area contributed by atoms with Gasteiger partial charge in [0, 0.05) is 24.0 Å². The summed E-state index contributed by atoms with van der Waals surface area (Å²) in [4.78, 5) is 13.7. The Balaban J connectivity index is 2.07. The first-order chi connectivity index (χ1) is 8.83. The normalized spacial score (nSPS) is 19.9. The van der Waals surface area contributed by atoms with Gasteiger partial charge in [-0.1, -0.05) is 6.92 Å². The molecule has 0 aliphatic carbocycles. The minimum Gasteiger partial charge on any atom is -0.352 e. The van der Waals surface area contributed by atoms with Gasteiger partial charge in [0.1, 0.15) is 17.0 Å². The van der Waals surface area contributed by atoms with Crippen molar-refractivity contribution >= 4 is 27.4 Å². The van der Waals surface area contributed by atoms with Crippen LogP contribution < -0.4 is 10.6 Å². The van der Waals surface area contributed by atoms with Crippen molar-refractivity contribution in [2.75, 3.05) is 18.0 Å². The van der Waals surface area contributed by atoms with Crippen molar-refractivity contribution in [2.45, 2.75) is 32.2 Å². The second-order valence-electron chi connectivity index (χ2n) is 4.71. The van der Waals surface area contributed by atoms with E-state index in [4.69, 9.17) is 5.73 Å². The Labute approximate surface area is 111 Å². The van der Waals surface area contributed by atoms with Crippen molar-refractivity contribution in [3.05, 3.63) is 17.3 Å². The summed E-state index contributed by atoms with van der Waals surface area (Å²) < 4.78 is 0. The highest BCUT2D eigenvalue weighted by molar-refractivity contribution is 7.18. The van der Waals surface area contributed by atoms with Gasteiger partial charge in [0.25, 0.3) is 0 Å². The van der Waals surface area contributed by atoms with E-state index < -0.39 is 0 Å². The van der Waals surface area contributed by atoms with Crippen molar-refractivity contribution in [1.29, 1.82) is 0 Å². The van der Waals surface area contributed by atoms with Gasteiger partial charge in [-0.25, -0.2) is 9.97 Å². The molecule has 2 N–H and O–H groups in total. The maximum absolute atomic E-state index is 5.85. The molecule has 1 saturated heterocycles. The largest absolute Gasteiger partial charge is 0.352 e. The summed E-state index contributed by atoms with van der Waals surface area (Å²) in [5, 5.41) is 1.19. The molecule has 5 heteroatoms. The van der Waals surface area contributed by atoms with Crippen LogP contribution >= 0.6 is 11.3 Å². The number of hydrogen-bond donors (Lipinski definition) is 1. The lowest BCUT2D eigenvalue weighted by Crippen LogP contribution is -2.36. The molecule has 0 aromatic carbocycles. The number of nitrogens with two attached hydrogens (primary N) is 1. The number of anilines is 1. The number of thiophene rings is 1. The third kappa shape index (κ3) is 1.87. The van der Waals surface area contributed by atoms with Gasteiger partial charge < -0.3 is 10.6 Å². The molecule has 2 aromatic heterocycles. The van der Waals surface area contributed by atoms with Gasteiger partial charge in [0.15, 0.2) is 0 Å². The number of aromatic nitrogens is 2. The summed E-state index contributed by atoms with van der Waals surface area (Å²) >= 11 is 1.77. The smallest absolute Gasteiger partial charge is 0.141 e. The van der Waals surface area contributed by atoms with Gasteiger partial charge >= 0.3 is 0 Å². The number of aryl methyl sites for hydroxylation is 1. The van der Waals surface area contributed by atoms with E-state index in [0.29, 0.717) is 12.6 Å². The molecule has 0 spiro atoms. The summed E-state index contributed by atoms with van der Waals surface area (Å²) in [5.74, 6) is 1.07. The summed E-state index contributed by atoms with van der Waals surface area (Å²) in [7, 11) is 0. The Morgan fingerprint density at radius 1 is 1.50 bits per heavy atom. The van der Waals surface area contributed by atoms with E-state index in [9.17, 15) is 0 Å². The SMILES string of the molecule is CCc1cc2c(N3CCC[C@H]3CN)ncnc2s1. The summed E-state index contributed by atoms with van der Waals surface area (Å²) in [6.45, 7) is 3.94. The van der Waals surface area contributed by atoms with E-state index in [-0.39, 0.29) is 0 Å². The molecule has 18 heavy (non-hydrogen) atoms. The Kier molecular flexibility index (Phi) is 3.18. The second kappa shape index (κ2) is 4.82. The number of fused-ring (bicyclic) bond motifs is 1. The van der Waals surface area contributed by atoms with Crippen LogP contribution in [0.1, 0.15) is 24.6 Å². The lowest BCUT2D eigenvalue weighted by molar-refractivity contribution is 0.673. The summed E-state index contributed by atoms with van der Waals surface area (Å²) in [5.41, 5.74) is 5.85. The Hall–Kier alpha value is -1.20. The standard InChI is InChI=1S/C13H18N4S/c1-2-10-6-11-12(15-8-16-13(11)18-10)17-5-3-4-9(17)7-14/h6,8-9H,2-5,7,14H2,1H3/t9-/m0/s1. The fourth-order valence-electron chi connectivity index (χ4n) is 2.66. The number of hydrogen-bond acceptors (Lipinski definition) is 5. The summed E-state index contributed by atoms with van der Waals surface area (Å²) in [6, 6.07) is 2.68. The van der Waals surface area contributed by atoms with Crippen LogP contribution in [-0.2, 0) is 6.42 Å². The van der Waals surface area contributed by atoms with Crippen molar-refractivity contribution < 1.29 is 0 Å². The molecule has 1 atom stereocenters. The highest BCUT2D eigenvalue weighted by atomic mass is 32.1. The molecule has 0 unspecified atom stereocenters. The molecule has 3 heterocycles. The maximum atomic E-state index is 5.85. The molecule has 0 radical (unpaired) electrons. The molecule has 4 nitrogen and oxygen atoms in total. The fourth-order valence-corrected chi connectivity index (χ4v) is 3.59. The van der Waals surface area contributed by atoms with E-state index in [0.717, 1.165) is 23.6 Å². The Morgan fingerprint density at radius 3 is 3.17 bits per heavy atom. The highest BCUT2D eigenvalue weighted by Crippen LogP contribution is 2.33. The third-order valence-electron chi connectivity index (χ3n) is 3.63. The van der Waals surface area contributed by atoms with Crippen LogP contribution in [0, 0.1) is 0 Å². The number of rotatable bonds is 3. The molecule has 0 bridgehead atoms. The lowest BCUT2D eigenvalue weighted by atomic mass is 10.2. The zero-order valence-corrected chi connectivity index (χ0v) is 11.4. The predicted molar refractivity (Wildman–Crippen MR) is 76.2 cm³/mol. The quantitative estimate of drug-likeness (QED) is 0.921. The van der Waals surface area contributed by atoms with Gasteiger partial charge in [-0.15, -0.1) is 11.3 Å². The maximum Gasteiger partial charge on any atom is 0.141 e. The van der Waals surface area contributed by atoms with Gasteiger partial charge in [-0.05, 0) is 25.3 Å². The van der Waals surface area contributed by atoms with Crippen LogP contribution in [0.5, 0.6) is 0 Å². The first kappa shape index (κ1) is 11.9. The topological polar surface area (TPSA) is 55.0 Å². The first-order valence-electron chi connectivity index (χ1n) is 6.53. The zero-order valence-electron chi connectivity index (χ0n) is 10.6. The van der Waals surface area contributed by atoms with E-state index in [1.54, 1.807) is 17.7 Å². The Bertz CT molecular complexity index is 551. The van der Waals surface area contributed by atoms with Gasteiger partial charge in [0.05, 0.1) is 5.39 Å². The minimum absolute atomic E-state index is 0.438. The molecule has 0 amide bonds. The van der Waals surface area contributed by atoms with Gasteiger partial charge in [-0.3, -0.25) is 0 Å². The molecule has 96 valence electrons. The average molecular weight is 262 g/mol. The molecule has 3 rings (SSSR count). The summed E-state index contributed by atoms with van der Waals surface area (Å²) in [6.07, 6.45) is 5.12. The molecular formula is C13H18N4S. The van der Waals surface area contributed by atoms with Crippen LogP contribution in [0.4, 0.5) is 5.82 Å². The van der Waals surface area contributed by atoms with E-state index in [1.807, 2.05) is 0 Å². The lowest BCUT2D eigenvalue weighted by Gasteiger charge is -2.24. The van der Waals surface area contributed by atoms with Crippen LogP contribution in [0.2, 0.25) is 0 Å². The van der Waals surface area contributed by atoms with Crippen LogP contribution in [0.3, 0.4) is 0 Å². The fraction of sp³-hybridized carbons (Fsp3) is 0.538. The van der Waals surface area contributed by atoms with Crippen molar-refractivity contribution in [3.63, 3.8) is 0 Å². The van der Waals surface area contributed by atoms with Crippen LogP contribution in [0.25, 0.3) is 10.2 Å². The second-order valence-corrected chi connectivity index (χ2v) is 5.82. The van der Waals surface area contributed by atoms with E-state index in [2.05, 4.69) is 27.9 Å². The predicted octanol–water partition coefficient (Wildman–Crippen LogP) is 2.18. The zero-order chi connectivity index (χ0) is 12.5. The van der Waals surface area contributed by atoms with Gasteiger partial charge in [-0.2, -0.15) is 0 Å². The van der Waals surface area contributed by atoms with Crippen LogP contribution in [-0.4, -0.2) is 29.1 Å². The van der Waals surface area contributed by atoms with E-state index >= 15 is 0 Å². The molecule has 1 fully saturated rings. The third-order valence-corrected chi connectivity index (χ3v) is 4.82. The van der Waals surface area contributed by atoms with Crippen molar-refractivity contribution in [2.24, 2.45) is 5.73 Å². The first-order valence-corrected chi connectivity index (χ1v) is 7.35. The molecule has 2 aromatic rings. The minimum atomic E-state index is 0.438. The van der Waals surface area contributed by atoms with E-state index in [1.165, 1.54) is 23.1 Å². The molecular weight excluding hydrogens is 244 g/mol. The average Bonchev–Trinajstić information content (AvgIpc) is 3.03. The van der Waals surface area contributed by atoms with Gasteiger partial charge in [0.2, 0.25) is 0 Å². The Morgan fingerprint density at radius 2 is 2.39 bits per heavy atom. The molecule has 1 aliphatic heterocycles.